The zero-order chi connectivity index (χ0) is 21.8. The van der Waals surface area contributed by atoms with E-state index in [1.165, 1.54) is 14.2 Å². The lowest BCUT2D eigenvalue weighted by Gasteiger charge is -2.31. The SMILES string of the molecule is COC(=O)N[C@H](C(=O)N1CCC[C@H]1c1[nH]c(-c2ccc(Br)cc2)cc1Cl)[C@@H](C)OC. The predicted octanol–water partition coefficient (Wildman–Crippen LogP) is 4.52. The Morgan fingerprint density at radius 1 is 1.30 bits per heavy atom. The number of methoxy groups -OCH3 is 2. The van der Waals surface area contributed by atoms with E-state index >= 15 is 0 Å². The van der Waals surface area contributed by atoms with E-state index in [2.05, 4.69) is 31.0 Å². The van der Waals surface area contributed by atoms with Crippen LogP contribution in [0.25, 0.3) is 11.3 Å². The van der Waals surface area contributed by atoms with Crippen molar-refractivity contribution in [2.45, 2.75) is 38.0 Å². The molecule has 30 heavy (non-hydrogen) atoms. The fourth-order valence-corrected chi connectivity index (χ4v) is 4.23. The summed E-state index contributed by atoms with van der Waals surface area (Å²) in [4.78, 5) is 30.2. The summed E-state index contributed by atoms with van der Waals surface area (Å²) in [5, 5.41) is 3.17. The number of nitrogens with one attached hydrogen (secondary N) is 2. The van der Waals surface area contributed by atoms with Crippen LogP contribution < -0.4 is 5.32 Å². The smallest absolute Gasteiger partial charge is 0.407 e. The molecule has 0 spiro atoms. The maximum Gasteiger partial charge on any atom is 0.407 e. The van der Waals surface area contributed by atoms with Crippen molar-refractivity contribution in [2.75, 3.05) is 20.8 Å². The second kappa shape index (κ2) is 9.85. The van der Waals surface area contributed by atoms with Crippen LogP contribution in [0, 0.1) is 0 Å². The van der Waals surface area contributed by atoms with E-state index in [1.54, 1.807) is 11.8 Å². The van der Waals surface area contributed by atoms with Crippen LogP contribution in [0.4, 0.5) is 4.79 Å². The highest BCUT2D eigenvalue weighted by molar-refractivity contribution is 9.10. The van der Waals surface area contributed by atoms with Crippen molar-refractivity contribution in [1.29, 1.82) is 0 Å². The minimum Gasteiger partial charge on any atom is -0.453 e. The summed E-state index contributed by atoms with van der Waals surface area (Å²) >= 11 is 10.00. The Hall–Kier alpha value is -2.03. The quantitative estimate of drug-likeness (QED) is 0.613. The van der Waals surface area contributed by atoms with Gasteiger partial charge in [-0.05, 0) is 43.5 Å². The maximum atomic E-state index is 13.3. The Bertz CT molecular complexity index is 902. The van der Waals surface area contributed by atoms with E-state index in [1.807, 2.05) is 30.3 Å². The maximum absolute atomic E-state index is 13.3. The van der Waals surface area contributed by atoms with Crippen molar-refractivity contribution >= 4 is 39.5 Å². The molecule has 2 amide bonds. The molecule has 162 valence electrons. The molecular weight excluding hydrogens is 474 g/mol. The number of rotatable bonds is 6. The number of aromatic nitrogens is 1. The Labute approximate surface area is 189 Å². The summed E-state index contributed by atoms with van der Waals surface area (Å²) in [5.41, 5.74) is 2.68. The van der Waals surface area contributed by atoms with Crippen molar-refractivity contribution in [2.24, 2.45) is 0 Å². The van der Waals surface area contributed by atoms with Gasteiger partial charge in [-0.25, -0.2) is 4.79 Å². The van der Waals surface area contributed by atoms with Gasteiger partial charge in [0.05, 0.1) is 30.0 Å². The first-order valence-electron chi connectivity index (χ1n) is 9.67. The second-order valence-corrected chi connectivity index (χ2v) is 8.52. The number of amides is 2. The number of hydrogen-bond donors (Lipinski definition) is 2. The summed E-state index contributed by atoms with van der Waals surface area (Å²) in [7, 11) is 2.76. The predicted molar refractivity (Wildman–Crippen MR) is 118 cm³/mol. The molecule has 0 radical (unpaired) electrons. The van der Waals surface area contributed by atoms with Gasteiger partial charge < -0.3 is 24.7 Å². The van der Waals surface area contributed by atoms with E-state index in [9.17, 15) is 9.59 Å². The summed E-state index contributed by atoms with van der Waals surface area (Å²) in [6, 6.07) is 8.72. The Balaban J connectivity index is 1.86. The first-order chi connectivity index (χ1) is 14.3. The molecule has 9 heteroatoms. The molecule has 1 aliphatic heterocycles. The van der Waals surface area contributed by atoms with Crippen molar-refractivity contribution < 1.29 is 19.1 Å². The van der Waals surface area contributed by atoms with Crippen molar-refractivity contribution in [1.82, 2.24) is 15.2 Å². The monoisotopic (exact) mass is 497 g/mol. The van der Waals surface area contributed by atoms with Crippen LogP contribution in [0.1, 0.15) is 31.5 Å². The van der Waals surface area contributed by atoms with Gasteiger partial charge in [0.2, 0.25) is 5.91 Å². The van der Waals surface area contributed by atoms with Crippen LogP contribution in [0.3, 0.4) is 0 Å². The molecule has 0 unspecified atom stereocenters. The van der Waals surface area contributed by atoms with Crippen LogP contribution in [0.15, 0.2) is 34.8 Å². The topological polar surface area (TPSA) is 83.7 Å². The first kappa shape index (κ1) is 22.7. The summed E-state index contributed by atoms with van der Waals surface area (Å²) in [6.45, 7) is 2.30. The van der Waals surface area contributed by atoms with Crippen LogP contribution in [-0.2, 0) is 14.3 Å². The molecule has 2 aromatic rings. The number of hydrogen-bond acceptors (Lipinski definition) is 4. The highest BCUT2D eigenvalue weighted by Crippen LogP contribution is 2.38. The average molecular weight is 499 g/mol. The van der Waals surface area contributed by atoms with Gasteiger partial charge in [-0.1, -0.05) is 39.7 Å². The standard InChI is InChI=1S/C21H25BrClN3O4/c1-12(29-2)18(25-21(28)30-3)20(27)26-10-4-5-17(26)19-15(23)11-16(24-19)13-6-8-14(22)9-7-13/h6-9,11-12,17-18,24H,4-5,10H2,1-3H3,(H,25,28)/t12-,17+,18+/m1/s1. The molecule has 0 bridgehead atoms. The minimum atomic E-state index is -0.859. The number of carbonyl (C=O) groups is 2. The number of halogens is 2. The van der Waals surface area contributed by atoms with Gasteiger partial charge in [0.15, 0.2) is 0 Å². The lowest BCUT2D eigenvalue weighted by atomic mass is 10.1. The number of ether oxygens (including phenoxy) is 2. The van der Waals surface area contributed by atoms with Gasteiger partial charge in [-0.15, -0.1) is 0 Å². The summed E-state index contributed by atoms with van der Waals surface area (Å²) in [6.07, 6.45) is 0.419. The molecule has 0 aliphatic carbocycles. The Morgan fingerprint density at radius 2 is 2.00 bits per heavy atom. The van der Waals surface area contributed by atoms with Crippen LogP contribution in [-0.4, -0.2) is 54.8 Å². The fourth-order valence-electron chi connectivity index (χ4n) is 3.68. The number of benzene rings is 1. The molecule has 3 atom stereocenters. The zero-order valence-electron chi connectivity index (χ0n) is 17.1. The third-order valence-corrected chi connectivity index (χ3v) is 6.23. The largest absolute Gasteiger partial charge is 0.453 e. The van der Waals surface area contributed by atoms with Crippen molar-refractivity contribution in [3.05, 3.63) is 45.5 Å². The van der Waals surface area contributed by atoms with Gasteiger partial charge >= 0.3 is 6.09 Å². The van der Waals surface area contributed by atoms with Crippen LogP contribution in [0.2, 0.25) is 5.02 Å². The van der Waals surface area contributed by atoms with Crippen molar-refractivity contribution in [3.63, 3.8) is 0 Å². The third kappa shape index (κ3) is 4.82. The Kier molecular flexibility index (Phi) is 7.44. The molecular formula is C21H25BrClN3O4. The highest BCUT2D eigenvalue weighted by Gasteiger charge is 2.38. The molecule has 1 fully saturated rings. The van der Waals surface area contributed by atoms with Crippen LogP contribution in [0.5, 0.6) is 0 Å². The lowest BCUT2D eigenvalue weighted by Crippen LogP contribution is -2.54. The number of carbonyl (C=O) groups excluding carboxylic acids is 2. The minimum absolute atomic E-state index is 0.208. The molecule has 3 rings (SSSR count). The fraction of sp³-hybridized carbons (Fsp3) is 0.429. The number of nitrogens with zero attached hydrogens (tertiary/aromatic N) is 1. The van der Waals surface area contributed by atoms with Gasteiger partial charge in [0.25, 0.3) is 0 Å². The molecule has 1 aromatic heterocycles. The normalized spacial score (nSPS) is 18.2. The lowest BCUT2D eigenvalue weighted by molar-refractivity contribution is -0.137. The number of H-pyrrole nitrogens is 1. The number of likely N-dealkylation sites (tertiary alicyclic amines) is 1. The third-order valence-electron chi connectivity index (χ3n) is 5.39. The molecule has 0 saturated carbocycles. The highest BCUT2D eigenvalue weighted by atomic mass is 79.9. The molecule has 2 heterocycles. The molecule has 7 nitrogen and oxygen atoms in total. The van der Waals surface area contributed by atoms with E-state index in [0.29, 0.717) is 11.6 Å². The summed E-state index contributed by atoms with van der Waals surface area (Å²) in [5.74, 6) is -0.229. The summed E-state index contributed by atoms with van der Waals surface area (Å²) < 4.78 is 11.0. The molecule has 1 aromatic carbocycles. The second-order valence-electron chi connectivity index (χ2n) is 7.20. The van der Waals surface area contributed by atoms with Gasteiger partial charge in [-0.3, -0.25) is 4.79 Å². The van der Waals surface area contributed by atoms with E-state index in [-0.39, 0.29) is 11.9 Å². The van der Waals surface area contributed by atoms with Crippen LogP contribution >= 0.6 is 27.5 Å². The number of aromatic amines is 1. The zero-order valence-corrected chi connectivity index (χ0v) is 19.4. The van der Waals surface area contributed by atoms with Crippen molar-refractivity contribution in [3.8, 4) is 11.3 Å². The molecule has 1 saturated heterocycles. The Morgan fingerprint density at radius 3 is 2.63 bits per heavy atom. The van der Waals surface area contributed by atoms with Gasteiger partial charge in [-0.2, -0.15) is 0 Å². The molecule has 1 aliphatic rings. The molecule has 2 N–H and O–H groups in total. The van der Waals surface area contributed by atoms with E-state index < -0.39 is 18.2 Å². The van der Waals surface area contributed by atoms with Gasteiger partial charge in [0.1, 0.15) is 6.04 Å². The van der Waals surface area contributed by atoms with E-state index in [4.69, 9.17) is 16.3 Å². The first-order valence-corrected chi connectivity index (χ1v) is 10.8. The van der Waals surface area contributed by atoms with Gasteiger partial charge in [0, 0.05) is 23.8 Å². The number of alkyl carbamates (subject to hydrolysis) is 1. The van der Waals surface area contributed by atoms with E-state index in [0.717, 1.165) is 34.3 Å². The average Bonchev–Trinajstić information content (AvgIpc) is 3.37.